The lowest BCUT2D eigenvalue weighted by molar-refractivity contribution is -0.00254. The van der Waals surface area contributed by atoms with Crippen molar-refractivity contribution in [2.75, 3.05) is 60.7 Å². The van der Waals surface area contributed by atoms with Gasteiger partial charge in [0.2, 0.25) is 0 Å². The molecule has 1 aliphatic heterocycles. The first-order valence-electron chi connectivity index (χ1n) is 11.1. The monoisotopic (exact) mass is 548 g/mol. The zero-order chi connectivity index (χ0) is 21.8. The molecule has 1 heterocycles. The van der Waals surface area contributed by atoms with Crippen molar-refractivity contribution >= 4 is 29.9 Å². The molecule has 1 aromatic carbocycles. The Morgan fingerprint density at radius 3 is 2.52 bits per heavy atom. The van der Waals surface area contributed by atoms with Gasteiger partial charge in [0.1, 0.15) is 0 Å². The SMILES string of the molecule is CCNC(=NCC1(N(C)C)CCOCC1)NCCCc1ccc(OC)c(OCC)c1.I. The van der Waals surface area contributed by atoms with E-state index in [1.807, 2.05) is 13.0 Å². The van der Waals surface area contributed by atoms with Gasteiger partial charge in [-0.1, -0.05) is 6.07 Å². The predicted molar refractivity (Wildman–Crippen MR) is 138 cm³/mol. The Morgan fingerprint density at radius 2 is 1.90 bits per heavy atom. The molecule has 178 valence electrons. The molecule has 0 saturated carbocycles. The lowest BCUT2D eigenvalue weighted by Crippen LogP contribution is -2.51. The number of halogens is 1. The number of methoxy groups -OCH3 is 1. The first-order chi connectivity index (χ1) is 14.5. The van der Waals surface area contributed by atoms with Crippen LogP contribution in [0.15, 0.2) is 23.2 Å². The number of hydrogen-bond donors (Lipinski definition) is 2. The molecule has 0 atom stereocenters. The van der Waals surface area contributed by atoms with Gasteiger partial charge in [-0.15, -0.1) is 24.0 Å². The van der Waals surface area contributed by atoms with E-state index in [-0.39, 0.29) is 29.5 Å². The van der Waals surface area contributed by atoms with Crippen molar-refractivity contribution in [1.29, 1.82) is 0 Å². The highest BCUT2D eigenvalue weighted by atomic mass is 127. The highest BCUT2D eigenvalue weighted by Crippen LogP contribution is 2.28. The van der Waals surface area contributed by atoms with Gasteiger partial charge < -0.3 is 29.7 Å². The van der Waals surface area contributed by atoms with Gasteiger partial charge >= 0.3 is 0 Å². The molecular weight excluding hydrogens is 507 g/mol. The molecule has 0 aromatic heterocycles. The Morgan fingerprint density at radius 1 is 1.16 bits per heavy atom. The molecule has 1 saturated heterocycles. The number of nitrogens with one attached hydrogen (secondary N) is 2. The summed E-state index contributed by atoms with van der Waals surface area (Å²) >= 11 is 0. The number of likely N-dealkylation sites (N-methyl/N-ethyl adjacent to an activating group) is 1. The molecule has 7 nitrogen and oxygen atoms in total. The van der Waals surface area contributed by atoms with Crippen molar-refractivity contribution in [2.45, 2.75) is 45.1 Å². The third-order valence-corrected chi connectivity index (χ3v) is 5.71. The van der Waals surface area contributed by atoms with Crippen LogP contribution >= 0.6 is 24.0 Å². The average Bonchev–Trinajstić information content (AvgIpc) is 2.76. The number of benzene rings is 1. The summed E-state index contributed by atoms with van der Waals surface area (Å²) < 4.78 is 16.6. The van der Waals surface area contributed by atoms with Crippen LogP contribution in [0.3, 0.4) is 0 Å². The summed E-state index contributed by atoms with van der Waals surface area (Å²) in [5.74, 6) is 2.48. The van der Waals surface area contributed by atoms with Gasteiger partial charge in [-0.3, -0.25) is 4.99 Å². The quantitative estimate of drug-likeness (QED) is 0.192. The van der Waals surface area contributed by atoms with E-state index < -0.39 is 0 Å². The molecule has 0 aliphatic carbocycles. The average molecular weight is 549 g/mol. The number of aryl methyl sites for hydroxylation is 1. The number of aliphatic imine (C=N–C) groups is 1. The van der Waals surface area contributed by atoms with Gasteiger partial charge in [-0.2, -0.15) is 0 Å². The standard InChI is InChI=1S/C23H40N4O3.HI/c1-6-24-22(26-18-23(27(3)4)12-15-29-16-13-23)25-14-8-9-19-10-11-20(28-5)21(17-19)30-7-2;/h10-11,17H,6-9,12-16,18H2,1-5H3,(H2,24,25,26);1H. The maximum Gasteiger partial charge on any atom is 0.191 e. The van der Waals surface area contributed by atoms with Gasteiger partial charge in [-0.05, 0) is 71.3 Å². The topological polar surface area (TPSA) is 67.4 Å². The molecule has 0 spiro atoms. The smallest absolute Gasteiger partial charge is 0.191 e. The highest BCUT2D eigenvalue weighted by Gasteiger charge is 2.34. The van der Waals surface area contributed by atoms with Crippen molar-refractivity contribution in [3.05, 3.63) is 23.8 Å². The Bertz CT molecular complexity index is 664. The predicted octanol–water partition coefficient (Wildman–Crippen LogP) is 3.31. The molecule has 0 radical (unpaired) electrons. The Labute approximate surface area is 205 Å². The molecule has 1 fully saturated rings. The van der Waals surface area contributed by atoms with Crippen LogP contribution in [0.1, 0.15) is 38.7 Å². The third kappa shape index (κ3) is 8.65. The summed E-state index contributed by atoms with van der Waals surface area (Å²) in [4.78, 5) is 7.20. The number of guanidine groups is 1. The van der Waals surface area contributed by atoms with E-state index in [1.165, 1.54) is 5.56 Å². The largest absolute Gasteiger partial charge is 0.493 e. The molecule has 0 bridgehead atoms. The van der Waals surface area contributed by atoms with Gasteiger partial charge in [-0.25, -0.2) is 0 Å². The molecule has 0 unspecified atom stereocenters. The van der Waals surface area contributed by atoms with E-state index in [0.29, 0.717) is 6.61 Å². The normalized spacial score (nSPS) is 15.9. The van der Waals surface area contributed by atoms with Gasteiger partial charge in [0.05, 0.1) is 20.3 Å². The van der Waals surface area contributed by atoms with E-state index in [2.05, 4.69) is 48.7 Å². The lowest BCUT2D eigenvalue weighted by atomic mass is 9.89. The first-order valence-corrected chi connectivity index (χ1v) is 11.1. The van der Waals surface area contributed by atoms with E-state index in [1.54, 1.807) is 7.11 Å². The Hall–Kier alpha value is -1.26. The minimum Gasteiger partial charge on any atom is -0.493 e. The van der Waals surface area contributed by atoms with Crippen LogP contribution in [0.2, 0.25) is 0 Å². The molecular formula is C23H41IN4O3. The second-order valence-corrected chi connectivity index (χ2v) is 7.87. The summed E-state index contributed by atoms with van der Waals surface area (Å²) in [6.07, 6.45) is 4.01. The number of rotatable bonds is 11. The second-order valence-electron chi connectivity index (χ2n) is 7.87. The summed E-state index contributed by atoms with van der Waals surface area (Å²) in [6, 6.07) is 6.16. The van der Waals surface area contributed by atoms with Crippen molar-refractivity contribution < 1.29 is 14.2 Å². The van der Waals surface area contributed by atoms with E-state index in [0.717, 1.165) is 76.0 Å². The maximum atomic E-state index is 5.68. The van der Waals surface area contributed by atoms with Crippen LogP contribution in [0.4, 0.5) is 0 Å². The van der Waals surface area contributed by atoms with Crippen LogP contribution in [0.5, 0.6) is 11.5 Å². The summed E-state index contributed by atoms with van der Waals surface area (Å²) in [5, 5.41) is 6.85. The van der Waals surface area contributed by atoms with Crippen LogP contribution in [0.25, 0.3) is 0 Å². The van der Waals surface area contributed by atoms with Crippen LogP contribution < -0.4 is 20.1 Å². The second kappa shape index (κ2) is 14.7. The summed E-state index contributed by atoms with van der Waals surface area (Å²) in [5.41, 5.74) is 1.33. The van der Waals surface area contributed by atoms with Crippen LogP contribution in [-0.4, -0.2) is 77.1 Å². The fourth-order valence-corrected chi connectivity index (χ4v) is 3.71. The van der Waals surface area contributed by atoms with Crippen molar-refractivity contribution in [3.63, 3.8) is 0 Å². The molecule has 8 heteroatoms. The fourth-order valence-electron chi connectivity index (χ4n) is 3.71. The van der Waals surface area contributed by atoms with Crippen molar-refractivity contribution in [2.24, 2.45) is 4.99 Å². The number of nitrogens with zero attached hydrogens (tertiary/aromatic N) is 2. The van der Waals surface area contributed by atoms with Gasteiger partial charge in [0, 0.05) is 31.8 Å². The summed E-state index contributed by atoms with van der Waals surface area (Å²) in [6.45, 7) is 8.81. The first kappa shape index (κ1) is 27.8. The zero-order valence-corrected chi connectivity index (χ0v) is 22.2. The molecule has 2 N–H and O–H groups in total. The summed E-state index contributed by atoms with van der Waals surface area (Å²) in [7, 11) is 5.96. The molecule has 2 rings (SSSR count). The number of ether oxygens (including phenoxy) is 3. The molecule has 1 aromatic rings. The van der Waals surface area contributed by atoms with Crippen LogP contribution in [0, 0.1) is 0 Å². The lowest BCUT2D eigenvalue weighted by Gasteiger charge is -2.41. The molecule has 31 heavy (non-hydrogen) atoms. The highest BCUT2D eigenvalue weighted by molar-refractivity contribution is 14.0. The van der Waals surface area contributed by atoms with E-state index in [9.17, 15) is 0 Å². The minimum atomic E-state index is 0. The fraction of sp³-hybridized carbons (Fsp3) is 0.696. The van der Waals surface area contributed by atoms with Crippen molar-refractivity contribution in [1.82, 2.24) is 15.5 Å². The van der Waals surface area contributed by atoms with Crippen molar-refractivity contribution in [3.8, 4) is 11.5 Å². The van der Waals surface area contributed by atoms with Gasteiger partial charge in [0.15, 0.2) is 17.5 Å². The van der Waals surface area contributed by atoms with Gasteiger partial charge in [0.25, 0.3) is 0 Å². The van der Waals surface area contributed by atoms with Crippen LogP contribution in [-0.2, 0) is 11.2 Å². The maximum absolute atomic E-state index is 5.68. The minimum absolute atomic E-state index is 0. The Kier molecular flexibility index (Phi) is 13.2. The third-order valence-electron chi connectivity index (χ3n) is 5.71. The molecule has 0 amide bonds. The molecule has 1 aliphatic rings. The zero-order valence-electron chi connectivity index (χ0n) is 19.8. The number of hydrogen-bond acceptors (Lipinski definition) is 5. The Balaban J connectivity index is 0.00000480. The van der Waals surface area contributed by atoms with E-state index >= 15 is 0 Å². The van der Waals surface area contributed by atoms with E-state index in [4.69, 9.17) is 19.2 Å².